The van der Waals surface area contributed by atoms with Crippen LogP contribution in [0, 0.1) is 14.9 Å². The Kier molecular flexibility index (Phi) is 2.08. The zero-order valence-electron chi connectivity index (χ0n) is 6.80. The lowest BCUT2D eigenvalue weighted by molar-refractivity contribution is 0.0994. The summed E-state index contributed by atoms with van der Waals surface area (Å²) in [5.74, 6) is 0.169. The summed E-state index contributed by atoms with van der Waals surface area (Å²) in [6, 6.07) is 5.74. The number of nitriles is 1. The van der Waals surface area contributed by atoms with Crippen molar-refractivity contribution >= 4 is 28.4 Å². The first-order valence-corrected chi connectivity index (χ1v) is 5.06. The number of hydrogen-bond acceptors (Lipinski definition) is 2. The molecule has 0 N–H and O–H groups in total. The van der Waals surface area contributed by atoms with E-state index in [1.807, 2.05) is 6.07 Å². The normalized spacial score (nSPS) is 14.0. The molecule has 64 valence electrons. The average molecular weight is 283 g/mol. The second-order valence-corrected chi connectivity index (χ2v) is 4.19. The Hall–Kier alpha value is -0.890. The summed E-state index contributed by atoms with van der Waals surface area (Å²) in [4.78, 5) is 11.3. The first-order chi connectivity index (χ1) is 6.22. The molecule has 3 heteroatoms. The van der Waals surface area contributed by atoms with Crippen molar-refractivity contribution in [1.82, 2.24) is 0 Å². The van der Waals surface area contributed by atoms with Crippen molar-refractivity contribution in [3.8, 4) is 6.07 Å². The molecule has 0 amide bonds. The third kappa shape index (κ3) is 1.35. The number of halogens is 1. The quantitative estimate of drug-likeness (QED) is 0.685. The predicted octanol–water partition coefficient (Wildman–Crippen LogP) is 2.29. The number of ketones is 1. The molecule has 1 aliphatic rings. The van der Waals surface area contributed by atoms with Crippen LogP contribution in [0.2, 0.25) is 0 Å². The lowest BCUT2D eigenvalue weighted by Gasteiger charge is -2.00. The molecule has 2 nitrogen and oxygen atoms in total. The van der Waals surface area contributed by atoms with E-state index in [1.54, 1.807) is 6.07 Å². The topological polar surface area (TPSA) is 40.9 Å². The standard InChI is InChI=1S/C10H6INO/c11-9-4-6-1-2-10(13)8(6)3-7(9)5-12/h3-4H,1-2H2. The minimum absolute atomic E-state index is 0.169. The predicted molar refractivity (Wildman–Crippen MR) is 56.5 cm³/mol. The average Bonchev–Trinajstić information content (AvgIpc) is 2.46. The number of nitrogens with zero attached hydrogens (tertiary/aromatic N) is 1. The van der Waals surface area contributed by atoms with E-state index in [-0.39, 0.29) is 5.78 Å². The van der Waals surface area contributed by atoms with Crippen LogP contribution in [-0.2, 0) is 6.42 Å². The Labute approximate surface area is 89.7 Å². The number of fused-ring (bicyclic) bond motifs is 1. The number of aryl methyl sites for hydroxylation is 1. The summed E-state index contributed by atoms with van der Waals surface area (Å²) in [7, 11) is 0. The van der Waals surface area contributed by atoms with E-state index in [2.05, 4.69) is 28.7 Å². The number of hydrogen-bond donors (Lipinski definition) is 0. The van der Waals surface area contributed by atoms with Gasteiger partial charge in [0.25, 0.3) is 0 Å². The second-order valence-electron chi connectivity index (χ2n) is 3.02. The van der Waals surface area contributed by atoms with Crippen LogP contribution in [0.25, 0.3) is 0 Å². The molecule has 0 spiro atoms. The lowest BCUT2D eigenvalue weighted by atomic mass is 10.1. The molecule has 0 saturated carbocycles. The van der Waals surface area contributed by atoms with E-state index in [0.29, 0.717) is 12.0 Å². The molecule has 0 unspecified atom stereocenters. The largest absolute Gasteiger partial charge is 0.294 e. The van der Waals surface area contributed by atoms with Gasteiger partial charge in [0, 0.05) is 15.6 Å². The first-order valence-electron chi connectivity index (χ1n) is 3.98. The Morgan fingerprint density at radius 2 is 2.15 bits per heavy atom. The van der Waals surface area contributed by atoms with Gasteiger partial charge in [-0.1, -0.05) is 0 Å². The van der Waals surface area contributed by atoms with E-state index < -0.39 is 0 Å². The van der Waals surface area contributed by atoms with E-state index in [9.17, 15) is 4.79 Å². The summed E-state index contributed by atoms with van der Waals surface area (Å²) >= 11 is 2.13. The molecule has 0 fully saturated rings. The van der Waals surface area contributed by atoms with E-state index >= 15 is 0 Å². The van der Waals surface area contributed by atoms with Crippen LogP contribution in [0.4, 0.5) is 0 Å². The molecule has 1 aromatic rings. The van der Waals surface area contributed by atoms with Crippen LogP contribution in [0.3, 0.4) is 0 Å². The Morgan fingerprint density at radius 3 is 2.85 bits per heavy atom. The van der Waals surface area contributed by atoms with Crippen molar-refractivity contribution in [2.24, 2.45) is 0 Å². The van der Waals surface area contributed by atoms with Crippen LogP contribution < -0.4 is 0 Å². The molecule has 0 saturated heterocycles. The van der Waals surface area contributed by atoms with Crippen molar-refractivity contribution < 1.29 is 4.79 Å². The second kappa shape index (κ2) is 3.11. The van der Waals surface area contributed by atoms with Crippen molar-refractivity contribution in [2.75, 3.05) is 0 Å². The maximum Gasteiger partial charge on any atom is 0.163 e. The molecule has 0 aromatic heterocycles. The van der Waals surface area contributed by atoms with Gasteiger partial charge >= 0.3 is 0 Å². The van der Waals surface area contributed by atoms with Gasteiger partial charge in [0.2, 0.25) is 0 Å². The van der Waals surface area contributed by atoms with Crippen LogP contribution in [0.15, 0.2) is 12.1 Å². The molecular formula is C10H6INO. The summed E-state index contributed by atoms with van der Waals surface area (Å²) in [5.41, 5.74) is 2.44. The maximum absolute atomic E-state index is 11.3. The fourth-order valence-electron chi connectivity index (χ4n) is 1.55. The number of rotatable bonds is 0. The van der Waals surface area contributed by atoms with Crippen molar-refractivity contribution in [3.05, 3.63) is 32.4 Å². The van der Waals surface area contributed by atoms with Crippen LogP contribution in [0.1, 0.15) is 27.9 Å². The number of Topliss-reactive ketones (excluding diaryl/α,β-unsaturated/α-hetero) is 1. The summed E-state index contributed by atoms with van der Waals surface area (Å²) in [6.45, 7) is 0. The smallest absolute Gasteiger partial charge is 0.163 e. The molecule has 0 radical (unpaired) electrons. The highest BCUT2D eigenvalue weighted by Gasteiger charge is 2.20. The Balaban J connectivity index is 2.66. The fraction of sp³-hybridized carbons (Fsp3) is 0.200. The molecule has 0 aliphatic heterocycles. The summed E-state index contributed by atoms with van der Waals surface area (Å²) in [5, 5.41) is 8.77. The summed E-state index contributed by atoms with van der Waals surface area (Å²) in [6.07, 6.45) is 1.43. The lowest BCUT2D eigenvalue weighted by Crippen LogP contribution is -1.93. The molecule has 0 bridgehead atoms. The van der Waals surface area contributed by atoms with Crippen molar-refractivity contribution in [1.29, 1.82) is 5.26 Å². The Bertz CT molecular complexity index is 431. The molecule has 1 aromatic carbocycles. The van der Waals surface area contributed by atoms with Gasteiger partial charge in [-0.25, -0.2) is 0 Å². The minimum Gasteiger partial charge on any atom is -0.294 e. The first kappa shape index (κ1) is 8.70. The molecule has 0 atom stereocenters. The third-order valence-electron chi connectivity index (χ3n) is 2.24. The summed E-state index contributed by atoms with van der Waals surface area (Å²) < 4.78 is 0.938. The van der Waals surface area contributed by atoms with E-state index in [1.165, 1.54) is 0 Å². The highest BCUT2D eigenvalue weighted by molar-refractivity contribution is 14.1. The van der Waals surface area contributed by atoms with Crippen molar-refractivity contribution in [2.45, 2.75) is 12.8 Å². The number of benzene rings is 1. The zero-order valence-corrected chi connectivity index (χ0v) is 8.96. The Morgan fingerprint density at radius 1 is 1.38 bits per heavy atom. The fourth-order valence-corrected chi connectivity index (χ4v) is 2.20. The van der Waals surface area contributed by atoms with E-state index in [0.717, 1.165) is 21.1 Å². The number of carbonyl (C=O) groups is 1. The third-order valence-corrected chi connectivity index (χ3v) is 3.13. The highest BCUT2D eigenvalue weighted by Crippen LogP contribution is 2.26. The van der Waals surface area contributed by atoms with Crippen LogP contribution >= 0.6 is 22.6 Å². The number of carbonyl (C=O) groups excluding carboxylic acids is 1. The van der Waals surface area contributed by atoms with Gasteiger partial charge in [0.15, 0.2) is 5.78 Å². The highest BCUT2D eigenvalue weighted by atomic mass is 127. The molecule has 13 heavy (non-hydrogen) atoms. The molecular weight excluding hydrogens is 277 g/mol. The maximum atomic E-state index is 11.3. The van der Waals surface area contributed by atoms with Crippen LogP contribution in [-0.4, -0.2) is 5.78 Å². The van der Waals surface area contributed by atoms with Crippen LogP contribution in [0.5, 0.6) is 0 Å². The van der Waals surface area contributed by atoms with Gasteiger partial charge < -0.3 is 0 Å². The van der Waals surface area contributed by atoms with Gasteiger partial charge in [0.05, 0.1) is 5.56 Å². The van der Waals surface area contributed by atoms with Gasteiger partial charge in [-0.15, -0.1) is 0 Å². The molecule has 1 aliphatic carbocycles. The molecule has 0 heterocycles. The zero-order chi connectivity index (χ0) is 9.42. The monoisotopic (exact) mass is 283 g/mol. The van der Waals surface area contributed by atoms with E-state index in [4.69, 9.17) is 5.26 Å². The van der Waals surface area contributed by atoms with Gasteiger partial charge in [-0.2, -0.15) is 5.26 Å². The van der Waals surface area contributed by atoms with Crippen molar-refractivity contribution in [3.63, 3.8) is 0 Å². The minimum atomic E-state index is 0.169. The SMILES string of the molecule is N#Cc1cc2c(cc1I)CCC2=O. The van der Waals surface area contributed by atoms with Gasteiger partial charge in [0.1, 0.15) is 6.07 Å². The van der Waals surface area contributed by atoms with Gasteiger partial charge in [-0.05, 0) is 46.7 Å². The molecule has 2 rings (SSSR count). The van der Waals surface area contributed by atoms with Gasteiger partial charge in [-0.3, -0.25) is 4.79 Å².